The monoisotopic (exact) mass is 327 g/mol. The maximum atomic E-state index is 11.7. The zero-order valence-corrected chi connectivity index (χ0v) is 13.2. The molecule has 1 amide bonds. The zero-order chi connectivity index (χ0) is 14.4. The Morgan fingerprint density at radius 1 is 1.43 bits per heavy atom. The average Bonchev–Trinajstić information content (AvgIpc) is 2.87. The van der Waals surface area contributed by atoms with Gasteiger partial charge in [-0.2, -0.15) is 0 Å². The number of aromatic nitrogens is 1. The number of amides is 1. The van der Waals surface area contributed by atoms with Crippen molar-refractivity contribution >= 4 is 34.8 Å². The summed E-state index contributed by atoms with van der Waals surface area (Å²) in [6.07, 6.45) is 2.58. The molecule has 2 aromatic rings. The number of nitrogens with two attached hydrogens (primary N) is 1. The standard InChI is InChI=1S/C14H17N3O2S.ClH/c1-19-9-12(15)13(18)17-14-16-8-11(20-14)7-10-5-3-2-4-6-10;/h2-6,8,12H,7,9,15H2,1H3,(H,16,17,18);1H. The van der Waals surface area contributed by atoms with Gasteiger partial charge in [0.25, 0.3) is 0 Å². The van der Waals surface area contributed by atoms with Crippen LogP contribution in [0, 0.1) is 0 Å². The third-order valence-corrected chi connectivity index (χ3v) is 3.60. The van der Waals surface area contributed by atoms with Gasteiger partial charge in [-0.1, -0.05) is 30.3 Å². The van der Waals surface area contributed by atoms with Gasteiger partial charge in [-0.25, -0.2) is 4.98 Å². The lowest BCUT2D eigenvalue weighted by Gasteiger charge is -2.08. The molecule has 1 aromatic carbocycles. The summed E-state index contributed by atoms with van der Waals surface area (Å²) >= 11 is 1.45. The molecule has 0 radical (unpaired) electrons. The van der Waals surface area contributed by atoms with Crippen LogP contribution in [0.2, 0.25) is 0 Å². The maximum absolute atomic E-state index is 11.7. The minimum atomic E-state index is -0.679. The summed E-state index contributed by atoms with van der Waals surface area (Å²) in [5.74, 6) is -0.285. The lowest BCUT2D eigenvalue weighted by Crippen LogP contribution is -2.39. The Labute approximate surface area is 133 Å². The van der Waals surface area contributed by atoms with Crippen molar-refractivity contribution in [3.05, 3.63) is 47.0 Å². The molecule has 1 heterocycles. The second-order valence-electron chi connectivity index (χ2n) is 4.35. The van der Waals surface area contributed by atoms with E-state index < -0.39 is 6.04 Å². The van der Waals surface area contributed by atoms with E-state index in [2.05, 4.69) is 22.4 Å². The molecular formula is C14H18ClN3O2S. The van der Waals surface area contributed by atoms with Crippen molar-refractivity contribution in [3.8, 4) is 0 Å². The molecule has 0 saturated carbocycles. The number of rotatable bonds is 6. The molecule has 1 atom stereocenters. The molecule has 0 saturated heterocycles. The van der Waals surface area contributed by atoms with E-state index in [0.717, 1.165) is 11.3 Å². The van der Waals surface area contributed by atoms with Gasteiger partial charge in [-0.3, -0.25) is 4.79 Å². The highest BCUT2D eigenvalue weighted by Crippen LogP contribution is 2.21. The van der Waals surface area contributed by atoms with Crippen LogP contribution < -0.4 is 11.1 Å². The van der Waals surface area contributed by atoms with Crippen molar-refractivity contribution in [1.29, 1.82) is 0 Å². The number of nitrogens with zero attached hydrogens (tertiary/aromatic N) is 1. The minimum Gasteiger partial charge on any atom is -0.383 e. The van der Waals surface area contributed by atoms with E-state index in [1.807, 2.05) is 18.2 Å². The maximum Gasteiger partial charge on any atom is 0.245 e. The number of benzene rings is 1. The molecule has 0 aliphatic rings. The van der Waals surface area contributed by atoms with E-state index in [4.69, 9.17) is 10.5 Å². The first-order valence-corrected chi connectivity index (χ1v) is 7.04. The van der Waals surface area contributed by atoms with E-state index in [1.165, 1.54) is 24.0 Å². The van der Waals surface area contributed by atoms with Crippen LogP contribution in [0.1, 0.15) is 10.4 Å². The Morgan fingerprint density at radius 2 is 2.14 bits per heavy atom. The van der Waals surface area contributed by atoms with E-state index >= 15 is 0 Å². The van der Waals surface area contributed by atoms with Crippen molar-refractivity contribution in [1.82, 2.24) is 4.98 Å². The smallest absolute Gasteiger partial charge is 0.245 e. The molecule has 0 aliphatic carbocycles. The first-order valence-electron chi connectivity index (χ1n) is 6.23. The van der Waals surface area contributed by atoms with E-state index in [1.54, 1.807) is 6.20 Å². The molecule has 2 rings (SSSR count). The van der Waals surface area contributed by atoms with Gasteiger partial charge in [0.05, 0.1) is 6.61 Å². The third-order valence-electron chi connectivity index (χ3n) is 2.69. The highest BCUT2D eigenvalue weighted by Gasteiger charge is 2.14. The van der Waals surface area contributed by atoms with Crippen LogP contribution in [0.15, 0.2) is 36.5 Å². The van der Waals surface area contributed by atoms with Gasteiger partial charge in [0.2, 0.25) is 5.91 Å². The number of halogens is 1. The molecule has 0 fully saturated rings. The normalized spacial score (nSPS) is 11.5. The minimum absolute atomic E-state index is 0. The Hall–Kier alpha value is -1.47. The van der Waals surface area contributed by atoms with Crippen LogP contribution in [-0.2, 0) is 16.0 Å². The third kappa shape index (κ3) is 5.43. The Kier molecular flexibility index (Phi) is 7.31. The highest BCUT2D eigenvalue weighted by atomic mass is 35.5. The number of anilines is 1. The average molecular weight is 328 g/mol. The van der Waals surface area contributed by atoms with Gasteiger partial charge < -0.3 is 15.8 Å². The molecular weight excluding hydrogens is 310 g/mol. The number of carbonyl (C=O) groups excluding carboxylic acids is 1. The molecule has 3 N–H and O–H groups in total. The first kappa shape index (κ1) is 17.6. The number of hydrogen-bond acceptors (Lipinski definition) is 5. The van der Waals surface area contributed by atoms with Crippen LogP contribution in [0.5, 0.6) is 0 Å². The molecule has 1 unspecified atom stereocenters. The van der Waals surface area contributed by atoms with Crippen molar-refractivity contribution in [3.63, 3.8) is 0 Å². The predicted molar refractivity (Wildman–Crippen MR) is 87.1 cm³/mol. The van der Waals surface area contributed by atoms with Crippen LogP contribution >= 0.6 is 23.7 Å². The fourth-order valence-corrected chi connectivity index (χ4v) is 2.55. The topological polar surface area (TPSA) is 77.2 Å². The SMILES string of the molecule is COCC(N)C(=O)Nc1ncc(Cc2ccccc2)s1.Cl. The largest absolute Gasteiger partial charge is 0.383 e. The van der Waals surface area contributed by atoms with Crippen molar-refractivity contribution in [2.45, 2.75) is 12.5 Å². The van der Waals surface area contributed by atoms with Crippen LogP contribution in [0.3, 0.4) is 0 Å². The number of thiazole rings is 1. The van der Waals surface area contributed by atoms with Gasteiger partial charge in [-0.05, 0) is 5.56 Å². The fraction of sp³-hybridized carbons (Fsp3) is 0.286. The summed E-state index contributed by atoms with van der Waals surface area (Å²) in [5.41, 5.74) is 6.86. The summed E-state index contributed by atoms with van der Waals surface area (Å²) in [5, 5.41) is 3.26. The number of ether oxygens (including phenoxy) is 1. The van der Waals surface area contributed by atoms with Gasteiger partial charge >= 0.3 is 0 Å². The summed E-state index contributed by atoms with van der Waals surface area (Å²) in [6, 6.07) is 9.44. The number of carbonyl (C=O) groups is 1. The molecule has 21 heavy (non-hydrogen) atoms. The molecule has 0 spiro atoms. The molecule has 0 bridgehead atoms. The van der Waals surface area contributed by atoms with E-state index in [0.29, 0.717) is 5.13 Å². The molecule has 0 aliphatic heterocycles. The number of methoxy groups -OCH3 is 1. The van der Waals surface area contributed by atoms with E-state index in [9.17, 15) is 4.79 Å². The lowest BCUT2D eigenvalue weighted by atomic mass is 10.1. The second-order valence-corrected chi connectivity index (χ2v) is 5.46. The summed E-state index contributed by atoms with van der Waals surface area (Å²) in [4.78, 5) is 17.0. The zero-order valence-electron chi connectivity index (χ0n) is 11.6. The predicted octanol–water partition coefficient (Wildman–Crippen LogP) is 2.07. The van der Waals surface area contributed by atoms with Crippen LogP contribution in [0.4, 0.5) is 5.13 Å². The molecule has 114 valence electrons. The molecule has 7 heteroatoms. The first-order chi connectivity index (χ1) is 9.69. The summed E-state index contributed by atoms with van der Waals surface area (Å²) in [6.45, 7) is 0.189. The summed E-state index contributed by atoms with van der Waals surface area (Å²) in [7, 11) is 1.51. The quantitative estimate of drug-likeness (QED) is 0.851. The summed E-state index contributed by atoms with van der Waals surface area (Å²) < 4.78 is 4.84. The number of hydrogen-bond donors (Lipinski definition) is 2. The van der Waals surface area contributed by atoms with E-state index in [-0.39, 0.29) is 24.9 Å². The Bertz CT molecular complexity index is 562. The Morgan fingerprint density at radius 3 is 2.81 bits per heavy atom. The van der Waals surface area contributed by atoms with Crippen LogP contribution in [-0.4, -0.2) is 30.6 Å². The van der Waals surface area contributed by atoms with Gasteiger partial charge in [0, 0.05) is 24.6 Å². The van der Waals surface area contributed by atoms with Crippen molar-refractivity contribution in [2.75, 3.05) is 19.0 Å². The Balaban J connectivity index is 0.00000220. The van der Waals surface area contributed by atoms with Crippen LogP contribution in [0.25, 0.3) is 0 Å². The highest BCUT2D eigenvalue weighted by molar-refractivity contribution is 7.15. The molecule has 5 nitrogen and oxygen atoms in total. The number of nitrogens with one attached hydrogen (secondary N) is 1. The lowest BCUT2D eigenvalue weighted by molar-refractivity contribution is -0.118. The second kappa shape index (κ2) is 8.74. The van der Waals surface area contributed by atoms with Gasteiger partial charge in [-0.15, -0.1) is 23.7 Å². The van der Waals surface area contributed by atoms with Gasteiger partial charge in [0.1, 0.15) is 6.04 Å². The van der Waals surface area contributed by atoms with Gasteiger partial charge in [0.15, 0.2) is 5.13 Å². The van der Waals surface area contributed by atoms with Crippen molar-refractivity contribution < 1.29 is 9.53 Å². The molecule has 1 aromatic heterocycles. The fourth-order valence-electron chi connectivity index (χ4n) is 1.70. The van der Waals surface area contributed by atoms with Crippen molar-refractivity contribution in [2.24, 2.45) is 5.73 Å².